The predicted octanol–water partition coefficient (Wildman–Crippen LogP) is 3.51. The predicted molar refractivity (Wildman–Crippen MR) is 98.2 cm³/mol. The lowest BCUT2D eigenvalue weighted by atomic mass is 10.1. The summed E-state index contributed by atoms with van der Waals surface area (Å²) < 4.78 is 5.37. The molecule has 1 aliphatic carbocycles. The summed E-state index contributed by atoms with van der Waals surface area (Å²) in [4.78, 5) is 24.5. The first-order chi connectivity index (χ1) is 11.7. The minimum Gasteiger partial charge on any atom is -0.444 e. The van der Waals surface area contributed by atoms with Gasteiger partial charge in [0.1, 0.15) is 5.60 Å². The molecule has 0 aromatic heterocycles. The Morgan fingerprint density at radius 1 is 1.32 bits per heavy atom. The number of alkyl carbamates (subject to hydrolysis) is 1. The fourth-order valence-corrected chi connectivity index (χ4v) is 2.98. The Hall–Kier alpha value is -2.30. The van der Waals surface area contributed by atoms with E-state index in [1.165, 1.54) is 0 Å². The smallest absolute Gasteiger partial charge is 0.408 e. The standard InChI is InChI=1S/C20H28N2O3/c1-6-13(2)11-17(23)21-16-12-14-9-7-8-10-15(14)18(16)22-19(24)25-20(3,4)5/h6-10,13,16,18H,1,11-12H2,2-5H3,(H,21,23)(H,22,24)/t13?,16-,18-/m1/s1. The molecule has 1 unspecified atom stereocenters. The molecular formula is C20H28N2O3. The zero-order valence-corrected chi connectivity index (χ0v) is 15.5. The third-order valence-electron chi connectivity index (χ3n) is 4.16. The second-order valence-electron chi connectivity index (χ2n) is 7.62. The molecule has 0 radical (unpaired) electrons. The van der Waals surface area contributed by atoms with Gasteiger partial charge < -0.3 is 15.4 Å². The number of rotatable bonds is 5. The third-order valence-corrected chi connectivity index (χ3v) is 4.16. The second-order valence-corrected chi connectivity index (χ2v) is 7.62. The van der Waals surface area contributed by atoms with Gasteiger partial charge in [-0.1, -0.05) is 37.3 Å². The number of nitrogens with one attached hydrogen (secondary N) is 2. The first kappa shape index (κ1) is 19.0. The Balaban J connectivity index is 2.11. The molecule has 0 heterocycles. The van der Waals surface area contributed by atoms with Crippen LogP contribution in [0.1, 0.15) is 51.3 Å². The van der Waals surface area contributed by atoms with Gasteiger partial charge in [-0.25, -0.2) is 4.79 Å². The maximum atomic E-state index is 12.3. The van der Waals surface area contributed by atoms with Crippen LogP contribution in [-0.4, -0.2) is 23.6 Å². The molecule has 1 aliphatic rings. The Labute approximate surface area is 149 Å². The maximum absolute atomic E-state index is 12.3. The molecule has 0 fully saturated rings. The van der Waals surface area contributed by atoms with Gasteiger partial charge in [-0.2, -0.15) is 0 Å². The molecule has 2 amide bonds. The number of ether oxygens (including phenoxy) is 1. The van der Waals surface area contributed by atoms with Crippen molar-refractivity contribution in [3.63, 3.8) is 0 Å². The average Bonchev–Trinajstić information content (AvgIpc) is 2.82. The van der Waals surface area contributed by atoms with Crippen LogP contribution < -0.4 is 10.6 Å². The van der Waals surface area contributed by atoms with E-state index in [9.17, 15) is 9.59 Å². The van der Waals surface area contributed by atoms with Crippen molar-refractivity contribution in [1.29, 1.82) is 0 Å². The number of benzene rings is 1. The van der Waals surface area contributed by atoms with Crippen LogP contribution in [0.25, 0.3) is 0 Å². The lowest BCUT2D eigenvalue weighted by Crippen LogP contribution is -2.45. The molecule has 0 spiro atoms. The van der Waals surface area contributed by atoms with Crippen molar-refractivity contribution in [1.82, 2.24) is 10.6 Å². The van der Waals surface area contributed by atoms with Crippen LogP contribution in [0.2, 0.25) is 0 Å². The van der Waals surface area contributed by atoms with Crippen LogP contribution >= 0.6 is 0 Å². The van der Waals surface area contributed by atoms with Crippen molar-refractivity contribution < 1.29 is 14.3 Å². The molecule has 1 aromatic rings. The number of allylic oxidation sites excluding steroid dienone is 1. The van der Waals surface area contributed by atoms with Crippen LogP contribution in [0.5, 0.6) is 0 Å². The summed E-state index contributed by atoms with van der Waals surface area (Å²) in [5.41, 5.74) is 1.58. The largest absolute Gasteiger partial charge is 0.444 e. The first-order valence-corrected chi connectivity index (χ1v) is 8.69. The number of hydrogen-bond donors (Lipinski definition) is 2. The average molecular weight is 344 g/mol. The summed E-state index contributed by atoms with van der Waals surface area (Å²) in [5, 5.41) is 5.97. The molecule has 0 aliphatic heterocycles. The zero-order valence-electron chi connectivity index (χ0n) is 15.5. The Bertz CT molecular complexity index is 649. The van der Waals surface area contributed by atoms with Gasteiger partial charge in [0.05, 0.1) is 12.1 Å². The van der Waals surface area contributed by atoms with E-state index in [4.69, 9.17) is 4.74 Å². The molecule has 0 bridgehead atoms. The van der Waals surface area contributed by atoms with Crippen molar-refractivity contribution in [2.75, 3.05) is 0 Å². The monoisotopic (exact) mass is 344 g/mol. The molecule has 3 atom stereocenters. The zero-order chi connectivity index (χ0) is 18.6. The van der Waals surface area contributed by atoms with Gasteiger partial charge in [-0.3, -0.25) is 4.79 Å². The van der Waals surface area contributed by atoms with Crippen LogP contribution in [0, 0.1) is 5.92 Å². The van der Waals surface area contributed by atoms with Crippen LogP contribution in [0.15, 0.2) is 36.9 Å². The van der Waals surface area contributed by atoms with Gasteiger partial charge >= 0.3 is 6.09 Å². The number of amides is 2. The van der Waals surface area contributed by atoms with E-state index in [0.29, 0.717) is 12.8 Å². The number of hydrogen-bond acceptors (Lipinski definition) is 3. The van der Waals surface area contributed by atoms with Crippen molar-refractivity contribution in [3.05, 3.63) is 48.0 Å². The number of fused-ring (bicyclic) bond motifs is 1. The van der Waals surface area contributed by atoms with Gasteiger partial charge in [0.25, 0.3) is 0 Å². The molecule has 2 rings (SSSR count). The van der Waals surface area contributed by atoms with E-state index in [0.717, 1.165) is 11.1 Å². The van der Waals surface area contributed by atoms with Crippen molar-refractivity contribution in [2.24, 2.45) is 5.92 Å². The molecule has 1 aromatic carbocycles. The molecule has 136 valence electrons. The fourth-order valence-electron chi connectivity index (χ4n) is 2.98. The van der Waals surface area contributed by atoms with Crippen LogP contribution in [-0.2, 0) is 16.0 Å². The van der Waals surface area contributed by atoms with Gasteiger partial charge in [0.2, 0.25) is 5.91 Å². The van der Waals surface area contributed by atoms with Gasteiger partial charge in [-0.15, -0.1) is 6.58 Å². The van der Waals surface area contributed by atoms with Crippen LogP contribution in [0.4, 0.5) is 4.79 Å². The highest BCUT2D eigenvalue weighted by Gasteiger charge is 2.35. The lowest BCUT2D eigenvalue weighted by Gasteiger charge is -2.26. The highest BCUT2D eigenvalue weighted by Crippen LogP contribution is 2.31. The molecule has 5 heteroatoms. The molecule has 0 saturated carbocycles. The minimum atomic E-state index is -0.569. The highest BCUT2D eigenvalue weighted by molar-refractivity contribution is 5.77. The topological polar surface area (TPSA) is 67.4 Å². The fraction of sp³-hybridized carbons (Fsp3) is 0.500. The number of carbonyl (C=O) groups excluding carboxylic acids is 2. The summed E-state index contributed by atoms with van der Waals surface area (Å²) in [5.74, 6) is 0.0715. The van der Waals surface area contributed by atoms with Crippen molar-refractivity contribution in [3.8, 4) is 0 Å². The lowest BCUT2D eigenvalue weighted by molar-refractivity contribution is -0.122. The Morgan fingerprint density at radius 2 is 2.00 bits per heavy atom. The number of carbonyl (C=O) groups is 2. The van der Waals surface area contributed by atoms with E-state index in [1.807, 2.05) is 52.0 Å². The van der Waals surface area contributed by atoms with E-state index in [2.05, 4.69) is 17.2 Å². The van der Waals surface area contributed by atoms with Gasteiger partial charge in [-0.05, 0) is 44.2 Å². The summed E-state index contributed by atoms with van der Waals surface area (Å²) >= 11 is 0. The summed E-state index contributed by atoms with van der Waals surface area (Å²) in [6, 6.07) is 7.43. The molecular weight excluding hydrogens is 316 g/mol. The van der Waals surface area contributed by atoms with Crippen molar-refractivity contribution >= 4 is 12.0 Å². The van der Waals surface area contributed by atoms with Crippen molar-refractivity contribution in [2.45, 2.75) is 58.2 Å². The van der Waals surface area contributed by atoms with E-state index in [-0.39, 0.29) is 23.9 Å². The van der Waals surface area contributed by atoms with E-state index >= 15 is 0 Å². The van der Waals surface area contributed by atoms with Gasteiger partial charge in [0, 0.05) is 6.42 Å². The second kappa shape index (κ2) is 7.72. The van der Waals surface area contributed by atoms with Gasteiger partial charge in [0.15, 0.2) is 0 Å². The van der Waals surface area contributed by atoms with Crippen LogP contribution in [0.3, 0.4) is 0 Å². The minimum absolute atomic E-state index is 0.0406. The SMILES string of the molecule is C=CC(C)CC(=O)N[C@@H]1Cc2ccccc2[C@H]1NC(=O)OC(C)(C)C. The van der Waals surface area contributed by atoms with E-state index in [1.54, 1.807) is 6.08 Å². The summed E-state index contributed by atoms with van der Waals surface area (Å²) in [6.07, 6.45) is 2.35. The molecule has 0 saturated heterocycles. The Kier molecular flexibility index (Phi) is 5.88. The maximum Gasteiger partial charge on any atom is 0.408 e. The molecule has 5 nitrogen and oxygen atoms in total. The highest BCUT2D eigenvalue weighted by atomic mass is 16.6. The molecule has 2 N–H and O–H groups in total. The summed E-state index contributed by atoms with van der Waals surface area (Å²) in [6.45, 7) is 11.1. The third kappa shape index (κ3) is 5.34. The van der Waals surface area contributed by atoms with E-state index < -0.39 is 11.7 Å². The normalized spacial score (nSPS) is 20.3. The summed E-state index contributed by atoms with van der Waals surface area (Å²) in [7, 11) is 0. The first-order valence-electron chi connectivity index (χ1n) is 8.69. The molecule has 25 heavy (non-hydrogen) atoms. The Morgan fingerprint density at radius 3 is 2.64 bits per heavy atom. The quantitative estimate of drug-likeness (QED) is 0.803.